The fraction of sp³-hybridized carbons (Fsp3) is 0.622. The van der Waals surface area contributed by atoms with E-state index in [0.29, 0.717) is 30.0 Å². The number of nitrogens with zero attached hydrogens (tertiary/aromatic N) is 2. The highest BCUT2D eigenvalue weighted by molar-refractivity contribution is 7.98. The first kappa shape index (κ1) is 40.5. The normalized spacial score (nSPS) is 31.9. The van der Waals surface area contributed by atoms with E-state index >= 15 is 0 Å². The van der Waals surface area contributed by atoms with E-state index in [1.165, 1.54) is 35.8 Å². The Labute approximate surface area is 310 Å². The summed E-state index contributed by atoms with van der Waals surface area (Å²) < 4.78 is 23.2. The van der Waals surface area contributed by atoms with Crippen LogP contribution in [0.5, 0.6) is 5.75 Å². The van der Waals surface area contributed by atoms with Gasteiger partial charge in [-0.05, 0) is 62.5 Å². The number of rotatable bonds is 8. The number of hydrogen-bond donors (Lipinski definition) is 2. The Kier molecular flexibility index (Phi) is 13.2. The van der Waals surface area contributed by atoms with Gasteiger partial charge in [0.25, 0.3) is 0 Å². The van der Waals surface area contributed by atoms with E-state index in [-0.39, 0.29) is 47.9 Å². The fourth-order valence-electron chi connectivity index (χ4n) is 7.14. The summed E-state index contributed by atoms with van der Waals surface area (Å²) in [5.41, 5.74) is -0.239. The Morgan fingerprint density at radius 2 is 1.96 bits per heavy atom. The van der Waals surface area contributed by atoms with Crippen molar-refractivity contribution in [1.29, 1.82) is 0 Å². The minimum Gasteiger partial charge on any atom is -0.495 e. The third-order valence-electron chi connectivity index (χ3n) is 10.8. The lowest BCUT2D eigenvalue weighted by Crippen LogP contribution is -2.63. The Bertz CT molecular complexity index is 1550. The number of esters is 1. The predicted octanol–water partition coefficient (Wildman–Crippen LogP) is 5.14. The zero-order valence-corrected chi connectivity index (χ0v) is 32.6. The van der Waals surface area contributed by atoms with Gasteiger partial charge in [0.2, 0.25) is 11.8 Å². The van der Waals surface area contributed by atoms with Crippen molar-refractivity contribution in [2.24, 2.45) is 17.3 Å². The van der Waals surface area contributed by atoms with Crippen LogP contribution in [0.15, 0.2) is 35.9 Å². The van der Waals surface area contributed by atoms with Gasteiger partial charge in [-0.3, -0.25) is 14.9 Å². The first-order valence-electron chi connectivity index (χ1n) is 17.2. The number of carbonyl (C=O) groups excluding carboxylic acids is 4. The fourth-order valence-corrected chi connectivity index (χ4v) is 7.83. The van der Waals surface area contributed by atoms with Crippen LogP contribution in [-0.2, 0) is 35.0 Å². The quantitative estimate of drug-likeness (QED) is 0.343. The lowest BCUT2D eigenvalue weighted by Gasteiger charge is -2.42. The Balaban J connectivity index is 1.76. The van der Waals surface area contributed by atoms with Gasteiger partial charge in [-0.2, -0.15) is 11.8 Å². The average Bonchev–Trinajstić information content (AvgIpc) is 3.79. The lowest BCUT2D eigenvalue weighted by atomic mass is 9.83. The molecule has 2 N–H and O–H groups in total. The molecule has 3 aliphatic rings. The highest BCUT2D eigenvalue weighted by Crippen LogP contribution is 2.61. The van der Waals surface area contributed by atoms with Crippen LogP contribution in [-0.4, -0.2) is 104 Å². The van der Waals surface area contributed by atoms with Crippen LogP contribution in [0.4, 0.5) is 10.5 Å². The van der Waals surface area contributed by atoms with Crippen molar-refractivity contribution in [3.8, 4) is 5.75 Å². The summed E-state index contributed by atoms with van der Waals surface area (Å²) in [5, 5.41) is 14.6. The standard InChI is InChI=1S/C37H52ClN3O9S/c1-21-11-10-12-29(48-8)37(46)20-28(49-35(45)39-37)22(2)25-19-36(25,4)30(50-34(44)23(3)40(5)31(42)13-14-51-9)18-32(43)41(6)26-16-24(15-21)17-27(47-7)33(26)38/h10-12,16-17,22-23,25,28-30,46H,13-15,18-20H2,1-9H3,(H,39,45)/b12-10+,21-11+/t22-,23-,25-,28-,29+,30-,36-,37-/m0/s1. The second-order valence-electron chi connectivity index (χ2n) is 14.2. The number of methoxy groups -OCH3 is 2. The van der Waals surface area contributed by atoms with Crippen LogP contribution in [0.25, 0.3) is 0 Å². The first-order valence-corrected chi connectivity index (χ1v) is 18.9. The molecule has 0 spiro atoms. The molecule has 282 valence electrons. The first-order chi connectivity index (χ1) is 24.0. The number of alkyl carbamates (subject to hydrolysis) is 1. The maximum Gasteiger partial charge on any atom is 0.409 e. The molecule has 1 aliphatic carbocycles. The van der Waals surface area contributed by atoms with Gasteiger partial charge in [0.05, 0.1) is 19.2 Å². The number of aliphatic hydroxyl groups is 1. The molecule has 0 unspecified atom stereocenters. The number of allylic oxidation sites excluding steroid dienone is 3. The molecule has 2 heterocycles. The Morgan fingerprint density at radius 3 is 2.61 bits per heavy atom. The van der Waals surface area contributed by atoms with Crippen LogP contribution < -0.4 is 15.0 Å². The molecule has 0 radical (unpaired) electrons. The molecular weight excluding hydrogens is 698 g/mol. The number of thioether (sulfide) groups is 1. The third-order valence-corrected chi connectivity index (χ3v) is 11.7. The summed E-state index contributed by atoms with van der Waals surface area (Å²) in [6, 6.07) is 2.75. The average molecular weight is 750 g/mol. The molecule has 1 aromatic carbocycles. The monoisotopic (exact) mass is 749 g/mol. The van der Waals surface area contributed by atoms with E-state index in [9.17, 15) is 24.3 Å². The number of benzene rings is 1. The van der Waals surface area contributed by atoms with E-state index in [1.807, 2.05) is 45.2 Å². The molecule has 12 nitrogen and oxygen atoms in total. The molecule has 4 rings (SSSR count). The maximum absolute atomic E-state index is 14.1. The topological polar surface area (TPSA) is 144 Å². The van der Waals surface area contributed by atoms with Crippen molar-refractivity contribution in [3.05, 3.63) is 46.5 Å². The van der Waals surface area contributed by atoms with Crippen molar-refractivity contribution in [2.45, 2.75) is 89.9 Å². The van der Waals surface area contributed by atoms with Crippen molar-refractivity contribution < 1.29 is 43.2 Å². The van der Waals surface area contributed by atoms with Crippen LogP contribution in [0.1, 0.15) is 58.9 Å². The van der Waals surface area contributed by atoms with E-state index in [4.69, 9.17) is 30.5 Å². The van der Waals surface area contributed by atoms with Crippen LogP contribution in [0, 0.1) is 17.3 Å². The second kappa shape index (κ2) is 16.6. The number of amides is 3. The molecule has 2 aliphatic heterocycles. The zero-order valence-electron chi connectivity index (χ0n) is 31.0. The summed E-state index contributed by atoms with van der Waals surface area (Å²) in [7, 11) is 6.15. The van der Waals surface area contributed by atoms with Gasteiger partial charge in [0, 0.05) is 45.2 Å². The molecule has 1 saturated heterocycles. The predicted molar refractivity (Wildman–Crippen MR) is 197 cm³/mol. The van der Waals surface area contributed by atoms with Gasteiger partial charge < -0.3 is 33.9 Å². The Morgan fingerprint density at radius 1 is 1.25 bits per heavy atom. The van der Waals surface area contributed by atoms with E-state index in [1.54, 1.807) is 33.2 Å². The SMILES string of the molecule is COc1cc2cc(c1Cl)N(C)C(=O)C[C@H](OC(=O)[C@H](C)N(C)C(=O)CCSC)[C@@]1(C)C[C@H]1[C@H](C)[C@@H]1C[C@@](O)(NC(=O)O1)[C@H](OC)/C=C/C=C(\C)C2. The van der Waals surface area contributed by atoms with Crippen LogP contribution >= 0.6 is 23.4 Å². The van der Waals surface area contributed by atoms with E-state index in [0.717, 1.165) is 11.1 Å². The zero-order chi connectivity index (χ0) is 37.8. The van der Waals surface area contributed by atoms with E-state index < -0.39 is 47.6 Å². The number of likely N-dealkylation sites (N-methyl/N-ethyl adjacent to an activating group) is 1. The molecule has 51 heavy (non-hydrogen) atoms. The highest BCUT2D eigenvalue weighted by Gasteiger charge is 2.62. The molecule has 1 saturated carbocycles. The number of hydrogen-bond acceptors (Lipinski definition) is 10. The molecule has 4 bridgehead atoms. The summed E-state index contributed by atoms with van der Waals surface area (Å²) >= 11 is 8.31. The van der Waals surface area contributed by atoms with Gasteiger partial charge in [0.1, 0.15) is 35.1 Å². The van der Waals surface area contributed by atoms with Gasteiger partial charge in [0.15, 0.2) is 5.72 Å². The third kappa shape index (κ3) is 9.04. The number of halogens is 1. The summed E-state index contributed by atoms with van der Waals surface area (Å²) in [6.45, 7) is 7.42. The van der Waals surface area contributed by atoms with Gasteiger partial charge in [-0.15, -0.1) is 0 Å². The minimum absolute atomic E-state index is 0.0360. The number of carbonyl (C=O) groups is 4. The number of fused-ring (bicyclic) bond motifs is 5. The highest BCUT2D eigenvalue weighted by atomic mass is 35.5. The van der Waals surface area contributed by atoms with Crippen molar-refractivity contribution >= 4 is 52.9 Å². The van der Waals surface area contributed by atoms with Crippen LogP contribution in [0.3, 0.4) is 0 Å². The Hall–Kier alpha value is -3.26. The number of nitrogens with one attached hydrogen (secondary N) is 1. The summed E-state index contributed by atoms with van der Waals surface area (Å²) in [4.78, 5) is 56.3. The molecule has 0 aromatic heterocycles. The lowest BCUT2D eigenvalue weighted by molar-refractivity contribution is -0.163. The molecule has 3 amide bonds. The minimum atomic E-state index is -1.76. The molecular formula is C37H52ClN3O9S. The number of ether oxygens (including phenoxy) is 4. The molecule has 2 fully saturated rings. The smallest absolute Gasteiger partial charge is 0.409 e. The van der Waals surface area contributed by atoms with E-state index in [2.05, 4.69) is 5.32 Å². The summed E-state index contributed by atoms with van der Waals surface area (Å²) in [6.07, 6.45) is 5.15. The van der Waals surface area contributed by atoms with Crippen molar-refractivity contribution in [3.63, 3.8) is 0 Å². The van der Waals surface area contributed by atoms with Gasteiger partial charge in [-0.25, -0.2) is 9.59 Å². The summed E-state index contributed by atoms with van der Waals surface area (Å²) in [5.74, 6) is -0.589. The van der Waals surface area contributed by atoms with Crippen molar-refractivity contribution in [1.82, 2.24) is 10.2 Å². The largest absolute Gasteiger partial charge is 0.495 e. The number of anilines is 1. The molecule has 14 heteroatoms. The van der Waals surface area contributed by atoms with Crippen molar-refractivity contribution in [2.75, 3.05) is 45.2 Å². The molecule has 1 aromatic rings. The van der Waals surface area contributed by atoms with Crippen LogP contribution in [0.2, 0.25) is 5.02 Å². The van der Waals surface area contributed by atoms with Gasteiger partial charge in [-0.1, -0.05) is 49.2 Å². The van der Waals surface area contributed by atoms with Gasteiger partial charge >= 0.3 is 12.1 Å². The second-order valence-corrected chi connectivity index (χ2v) is 15.6. The molecule has 8 atom stereocenters. The maximum atomic E-state index is 14.1.